The lowest BCUT2D eigenvalue weighted by atomic mass is 10.3. The Bertz CT molecular complexity index is 1010. The summed E-state index contributed by atoms with van der Waals surface area (Å²) >= 11 is 9.43. The fraction of sp³-hybridized carbons (Fsp3) is 0.273. The van der Waals surface area contributed by atoms with E-state index in [1.807, 2.05) is 36.4 Å². The Morgan fingerprint density at radius 3 is 2.52 bits per heavy atom. The number of fused-ring (bicyclic) bond motifs is 1. The second-order valence-electron chi connectivity index (χ2n) is 6.71. The van der Waals surface area contributed by atoms with E-state index in [4.69, 9.17) is 16.6 Å². The van der Waals surface area contributed by atoms with E-state index in [-0.39, 0.29) is 5.91 Å². The van der Waals surface area contributed by atoms with Gasteiger partial charge in [0.25, 0.3) is 5.91 Å². The zero-order chi connectivity index (χ0) is 20.4. The quantitative estimate of drug-likeness (QED) is 0.494. The van der Waals surface area contributed by atoms with Gasteiger partial charge in [-0.1, -0.05) is 61.0 Å². The third-order valence-electron chi connectivity index (χ3n) is 4.79. The first-order chi connectivity index (χ1) is 14.1. The molecule has 29 heavy (non-hydrogen) atoms. The van der Waals surface area contributed by atoms with Crippen LogP contribution in [0.4, 0.5) is 11.4 Å². The van der Waals surface area contributed by atoms with Crippen molar-refractivity contribution < 1.29 is 4.79 Å². The maximum absolute atomic E-state index is 13.4. The van der Waals surface area contributed by atoms with Crippen molar-refractivity contribution in [3.8, 4) is 0 Å². The maximum atomic E-state index is 13.4. The molecule has 1 saturated heterocycles. The van der Waals surface area contributed by atoms with Gasteiger partial charge in [-0.25, -0.2) is 4.99 Å². The predicted octanol–water partition coefficient (Wildman–Crippen LogP) is 6.50. The highest BCUT2D eigenvalue weighted by Gasteiger charge is 2.39. The van der Waals surface area contributed by atoms with Crippen LogP contribution >= 0.6 is 35.1 Å². The van der Waals surface area contributed by atoms with Crippen LogP contribution in [0.15, 0.2) is 68.4 Å². The molecule has 4 nitrogen and oxygen atoms in total. The van der Waals surface area contributed by atoms with Gasteiger partial charge < -0.3 is 4.90 Å². The van der Waals surface area contributed by atoms with Gasteiger partial charge in [-0.15, -0.1) is 0 Å². The van der Waals surface area contributed by atoms with E-state index in [0.29, 0.717) is 22.4 Å². The summed E-state index contributed by atoms with van der Waals surface area (Å²) in [6, 6.07) is 15.8. The van der Waals surface area contributed by atoms with E-state index < -0.39 is 0 Å². The van der Waals surface area contributed by atoms with Crippen LogP contribution in [-0.4, -0.2) is 29.1 Å². The van der Waals surface area contributed by atoms with Crippen LogP contribution in [0.2, 0.25) is 5.02 Å². The minimum atomic E-state index is 0.0306. The highest BCUT2D eigenvalue weighted by molar-refractivity contribution is 8.19. The molecule has 7 heteroatoms. The third kappa shape index (κ3) is 3.93. The number of carbonyl (C=O) groups excluding carboxylic acids is 1. The number of unbranched alkanes of at least 4 members (excludes halogenated alkanes) is 1. The van der Waals surface area contributed by atoms with Gasteiger partial charge in [0.15, 0.2) is 5.17 Å². The largest absolute Gasteiger partial charge is 0.334 e. The number of hydrogen-bond donors (Lipinski definition) is 0. The van der Waals surface area contributed by atoms with E-state index in [1.54, 1.807) is 16.7 Å². The van der Waals surface area contributed by atoms with Crippen molar-refractivity contribution in [3.63, 3.8) is 0 Å². The van der Waals surface area contributed by atoms with Crippen molar-refractivity contribution in [2.45, 2.75) is 31.6 Å². The monoisotopic (exact) mass is 443 g/mol. The van der Waals surface area contributed by atoms with Gasteiger partial charge in [0.1, 0.15) is 9.93 Å². The summed E-state index contributed by atoms with van der Waals surface area (Å²) in [5.41, 5.74) is 1.85. The fourth-order valence-corrected chi connectivity index (χ4v) is 5.88. The Hall–Kier alpha value is -1.89. The number of rotatable bonds is 5. The molecular weight excluding hydrogens is 422 g/mol. The molecule has 0 radical (unpaired) electrons. The number of halogens is 1. The number of carbonyl (C=O) groups is 1. The molecule has 0 spiro atoms. The number of benzene rings is 2. The number of thioether (sulfide) groups is 2. The van der Waals surface area contributed by atoms with Crippen molar-refractivity contribution in [2.75, 3.05) is 18.0 Å². The van der Waals surface area contributed by atoms with Gasteiger partial charge >= 0.3 is 0 Å². The van der Waals surface area contributed by atoms with Gasteiger partial charge in [0, 0.05) is 18.0 Å². The molecule has 2 heterocycles. The van der Waals surface area contributed by atoms with E-state index >= 15 is 0 Å². The van der Waals surface area contributed by atoms with Crippen molar-refractivity contribution in [1.82, 2.24) is 4.90 Å². The van der Waals surface area contributed by atoms with Crippen LogP contribution in [0, 0.1) is 0 Å². The number of amidine groups is 1. The van der Waals surface area contributed by atoms with E-state index in [9.17, 15) is 4.79 Å². The second kappa shape index (κ2) is 8.86. The van der Waals surface area contributed by atoms with Crippen LogP contribution in [0.5, 0.6) is 0 Å². The van der Waals surface area contributed by atoms with E-state index in [1.165, 1.54) is 16.7 Å². The number of hydrogen-bond acceptors (Lipinski definition) is 5. The van der Waals surface area contributed by atoms with Crippen LogP contribution in [0.1, 0.15) is 26.7 Å². The van der Waals surface area contributed by atoms with Crippen molar-refractivity contribution >= 4 is 57.6 Å². The molecule has 0 atom stereocenters. The Balaban J connectivity index is 1.75. The summed E-state index contributed by atoms with van der Waals surface area (Å²) in [5.74, 6) is 0.0306. The first-order valence-corrected chi connectivity index (χ1v) is 11.8. The Morgan fingerprint density at radius 1 is 1.00 bits per heavy atom. The minimum absolute atomic E-state index is 0.0306. The molecule has 4 rings (SSSR count). The van der Waals surface area contributed by atoms with Crippen molar-refractivity contribution in [3.05, 3.63) is 63.5 Å². The Morgan fingerprint density at radius 2 is 1.76 bits per heavy atom. The lowest BCUT2D eigenvalue weighted by Crippen LogP contribution is -2.30. The molecule has 0 aliphatic carbocycles. The summed E-state index contributed by atoms with van der Waals surface area (Å²) in [6.45, 7) is 5.70. The molecule has 1 fully saturated rings. The molecule has 2 aliphatic heterocycles. The molecule has 150 valence electrons. The topological polar surface area (TPSA) is 35.9 Å². The first-order valence-electron chi connectivity index (χ1n) is 9.75. The zero-order valence-corrected chi connectivity index (χ0v) is 18.8. The number of nitrogens with zero attached hydrogens (tertiary/aromatic N) is 3. The standard InChI is InChI=1S/C22H22ClN3OS2/c1-3-5-14-26-20(27)19(29-22(26)24-16-11-7-6-10-15(16)23)21-25(4-2)17-12-8-9-13-18(17)28-21/h6-13H,3-5,14H2,1-2H3/b21-19-,24-22?. The third-order valence-corrected chi connectivity index (χ3v) is 7.48. The Labute approximate surface area is 185 Å². The second-order valence-corrected chi connectivity index (χ2v) is 9.12. The molecule has 0 bridgehead atoms. The summed E-state index contributed by atoms with van der Waals surface area (Å²) in [5, 5.41) is 2.28. The lowest BCUT2D eigenvalue weighted by Gasteiger charge is -2.19. The first kappa shape index (κ1) is 20.4. The number of para-hydroxylation sites is 2. The molecule has 0 aromatic heterocycles. The SMILES string of the molecule is CCCCN1C(=O)/C(=C2/Sc3ccccc3N2CC)SC1=Nc1ccccc1Cl. The molecule has 2 aromatic carbocycles. The van der Waals surface area contributed by atoms with Crippen LogP contribution < -0.4 is 4.90 Å². The average Bonchev–Trinajstić information content (AvgIpc) is 3.25. The van der Waals surface area contributed by atoms with Crippen molar-refractivity contribution in [2.24, 2.45) is 4.99 Å². The lowest BCUT2D eigenvalue weighted by molar-refractivity contribution is -0.122. The van der Waals surface area contributed by atoms with Crippen LogP contribution in [0.25, 0.3) is 0 Å². The maximum Gasteiger partial charge on any atom is 0.269 e. The summed E-state index contributed by atoms with van der Waals surface area (Å²) in [6.07, 6.45) is 1.95. The summed E-state index contributed by atoms with van der Waals surface area (Å²) in [4.78, 5) is 24.1. The number of amides is 1. The number of anilines is 1. The zero-order valence-electron chi connectivity index (χ0n) is 16.4. The smallest absolute Gasteiger partial charge is 0.269 e. The number of aliphatic imine (C=N–C) groups is 1. The molecule has 0 unspecified atom stereocenters. The highest BCUT2D eigenvalue weighted by Crippen LogP contribution is 2.50. The molecule has 0 saturated carbocycles. The van der Waals surface area contributed by atoms with Crippen LogP contribution in [-0.2, 0) is 4.79 Å². The molecule has 1 amide bonds. The van der Waals surface area contributed by atoms with Gasteiger partial charge in [0.2, 0.25) is 0 Å². The van der Waals surface area contributed by atoms with Crippen LogP contribution in [0.3, 0.4) is 0 Å². The van der Waals surface area contributed by atoms with Gasteiger partial charge in [0.05, 0.1) is 16.4 Å². The normalized spacial score (nSPS) is 20.1. The average molecular weight is 444 g/mol. The van der Waals surface area contributed by atoms with Gasteiger partial charge in [-0.3, -0.25) is 9.69 Å². The van der Waals surface area contributed by atoms with Crippen molar-refractivity contribution in [1.29, 1.82) is 0 Å². The molecule has 2 aliphatic rings. The fourth-order valence-electron chi connectivity index (χ4n) is 3.29. The predicted molar refractivity (Wildman–Crippen MR) is 125 cm³/mol. The molecule has 2 aromatic rings. The van der Waals surface area contributed by atoms with E-state index in [2.05, 4.69) is 30.9 Å². The Kier molecular flexibility index (Phi) is 6.23. The highest BCUT2D eigenvalue weighted by atomic mass is 35.5. The summed E-state index contributed by atoms with van der Waals surface area (Å²) < 4.78 is 0. The molecule has 0 N–H and O–H groups in total. The van der Waals surface area contributed by atoms with E-state index in [0.717, 1.165) is 35.0 Å². The van der Waals surface area contributed by atoms with Gasteiger partial charge in [-0.2, -0.15) is 0 Å². The molecular formula is C22H22ClN3OS2. The minimum Gasteiger partial charge on any atom is -0.334 e. The van der Waals surface area contributed by atoms with Gasteiger partial charge in [-0.05, 0) is 49.4 Å². The summed E-state index contributed by atoms with van der Waals surface area (Å²) in [7, 11) is 0.